The number of aromatic amines is 1. The second-order valence-corrected chi connectivity index (χ2v) is 4.51. The van der Waals surface area contributed by atoms with E-state index in [4.69, 9.17) is 0 Å². The molecule has 0 unspecified atom stereocenters. The Bertz CT molecular complexity index is 463. The van der Waals surface area contributed by atoms with Crippen LogP contribution in [0.25, 0.3) is 0 Å². The average Bonchev–Trinajstić information content (AvgIpc) is 2.98. The third kappa shape index (κ3) is 2.12. The summed E-state index contributed by atoms with van der Waals surface area (Å²) in [4.78, 5) is 26.2. The van der Waals surface area contributed by atoms with Crippen LogP contribution < -0.4 is 10.7 Å². The van der Waals surface area contributed by atoms with Crippen molar-refractivity contribution in [3.8, 4) is 0 Å². The number of halogens is 1. The highest BCUT2D eigenvalue weighted by atomic mass is 79.9. The van der Waals surface area contributed by atoms with Crippen LogP contribution >= 0.6 is 15.9 Å². The van der Waals surface area contributed by atoms with Crippen molar-refractivity contribution in [2.24, 2.45) is 0 Å². The summed E-state index contributed by atoms with van der Waals surface area (Å²) in [7, 11) is 0. The molecule has 4 nitrogen and oxygen atoms in total. The fourth-order valence-electron chi connectivity index (χ4n) is 1.26. The van der Waals surface area contributed by atoms with Crippen molar-refractivity contribution in [3.05, 3.63) is 32.2 Å². The zero-order valence-corrected chi connectivity index (χ0v) is 9.85. The van der Waals surface area contributed by atoms with Gasteiger partial charge in [0.1, 0.15) is 5.56 Å². The molecule has 1 saturated carbocycles. The van der Waals surface area contributed by atoms with E-state index in [1.807, 2.05) is 0 Å². The minimum atomic E-state index is -0.292. The minimum Gasteiger partial charge on any atom is -0.363 e. The van der Waals surface area contributed by atoms with E-state index in [1.54, 1.807) is 6.92 Å². The maximum Gasteiger partial charge on any atom is 0.257 e. The summed E-state index contributed by atoms with van der Waals surface area (Å²) in [6.07, 6.45) is 3.48. The summed E-state index contributed by atoms with van der Waals surface area (Å²) in [5.74, 6) is -0.292. The van der Waals surface area contributed by atoms with Crippen LogP contribution in [0.3, 0.4) is 0 Å². The largest absolute Gasteiger partial charge is 0.363 e. The SMILES string of the molecule is Cc1[nH]cc(C(=O)NC2CC2)c(=O)c1Br. The van der Waals surface area contributed by atoms with Gasteiger partial charge in [-0.1, -0.05) is 0 Å². The van der Waals surface area contributed by atoms with E-state index in [2.05, 4.69) is 26.2 Å². The van der Waals surface area contributed by atoms with Crippen molar-refractivity contribution in [1.82, 2.24) is 10.3 Å². The van der Waals surface area contributed by atoms with E-state index < -0.39 is 0 Å². The summed E-state index contributed by atoms with van der Waals surface area (Å²) in [5, 5.41) is 2.78. The van der Waals surface area contributed by atoms with Gasteiger partial charge in [0.15, 0.2) is 0 Å². The van der Waals surface area contributed by atoms with E-state index in [9.17, 15) is 9.59 Å². The second kappa shape index (κ2) is 3.81. The zero-order chi connectivity index (χ0) is 11.0. The van der Waals surface area contributed by atoms with Crippen molar-refractivity contribution in [2.75, 3.05) is 0 Å². The van der Waals surface area contributed by atoms with Gasteiger partial charge >= 0.3 is 0 Å². The van der Waals surface area contributed by atoms with Crippen LogP contribution in [0.4, 0.5) is 0 Å². The molecule has 2 rings (SSSR count). The number of H-pyrrole nitrogens is 1. The Balaban J connectivity index is 2.31. The summed E-state index contributed by atoms with van der Waals surface area (Å²) in [5.41, 5.74) is 0.631. The van der Waals surface area contributed by atoms with Gasteiger partial charge in [-0.05, 0) is 35.7 Å². The lowest BCUT2D eigenvalue weighted by Crippen LogP contribution is -2.30. The third-order valence-corrected chi connectivity index (χ3v) is 3.32. The number of rotatable bonds is 2. The molecule has 0 atom stereocenters. The summed E-state index contributed by atoms with van der Waals surface area (Å²) in [6, 6.07) is 0.261. The molecule has 1 aromatic rings. The molecule has 1 aliphatic rings. The number of aromatic nitrogens is 1. The van der Waals surface area contributed by atoms with Crippen LogP contribution in [0.15, 0.2) is 15.5 Å². The lowest BCUT2D eigenvalue weighted by Gasteiger charge is -2.04. The molecule has 0 bridgehead atoms. The number of aryl methyl sites for hydroxylation is 1. The van der Waals surface area contributed by atoms with Crippen molar-refractivity contribution < 1.29 is 4.79 Å². The van der Waals surface area contributed by atoms with Gasteiger partial charge in [-0.2, -0.15) is 0 Å². The normalized spacial score (nSPS) is 15.1. The maximum atomic E-state index is 11.7. The Hall–Kier alpha value is -1.10. The predicted octanol–water partition coefficient (Wildman–Crippen LogP) is 1.34. The van der Waals surface area contributed by atoms with Crippen molar-refractivity contribution in [3.63, 3.8) is 0 Å². The molecular formula is C10H11BrN2O2. The molecule has 0 radical (unpaired) electrons. The van der Waals surface area contributed by atoms with Gasteiger partial charge in [0, 0.05) is 17.9 Å². The van der Waals surface area contributed by atoms with Crippen LogP contribution in [0.1, 0.15) is 28.9 Å². The molecule has 0 aromatic carbocycles. The fraction of sp³-hybridized carbons (Fsp3) is 0.400. The van der Waals surface area contributed by atoms with Crippen LogP contribution in [0, 0.1) is 6.92 Å². The molecule has 80 valence electrons. The van der Waals surface area contributed by atoms with Crippen molar-refractivity contribution in [1.29, 1.82) is 0 Å². The predicted molar refractivity (Wildman–Crippen MR) is 60.0 cm³/mol. The van der Waals surface area contributed by atoms with Gasteiger partial charge in [0.25, 0.3) is 5.91 Å². The lowest BCUT2D eigenvalue weighted by atomic mass is 10.2. The van der Waals surface area contributed by atoms with Crippen LogP contribution in [0.2, 0.25) is 0 Å². The molecule has 1 heterocycles. The van der Waals surface area contributed by atoms with E-state index in [-0.39, 0.29) is 22.9 Å². The topological polar surface area (TPSA) is 62.0 Å². The number of carbonyl (C=O) groups is 1. The Labute approximate surface area is 95.2 Å². The third-order valence-electron chi connectivity index (χ3n) is 2.36. The number of hydrogen-bond acceptors (Lipinski definition) is 2. The van der Waals surface area contributed by atoms with Gasteiger partial charge in [-0.25, -0.2) is 0 Å². The Morgan fingerprint density at radius 1 is 1.60 bits per heavy atom. The molecule has 15 heavy (non-hydrogen) atoms. The highest BCUT2D eigenvalue weighted by Crippen LogP contribution is 2.19. The molecule has 2 N–H and O–H groups in total. The number of carbonyl (C=O) groups excluding carboxylic acids is 1. The first-order valence-electron chi connectivity index (χ1n) is 4.78. The molecular weight excluding hydrogens is 260 g/mol. The Kier molecular flexibility index (Phi) is 2.65. The number of nitrogens with one attached hydrogen (secondary N) is 2. The molecule has 1 fully saturated rings. The van der Waals surface area contributed by atoms with E-state index in [0.29, 0.717) is 4.47 Å². The number of hydrogen-bond donors (Lipinski definition) is 2. The van der Waals surface area contributed by atoms with Gasteiger partial charge in [-0.15, -0.1) is 0 Å². The molecule has 5 heteroatoms. The van der Waals surface area contributed by atoms with E-state index >= 15 is 0 Å². The van der Waals surface area contributed by atoms with Gasteiger partial charge in [0.2, 0.25) is 5.43 Å². The zero-order valence-electron chi connectivity index (χ0n) is 8.26. The quantitative estimate of drug-likeness (QED) is 0.852. The van der Waals surface area contributed by atoms with Crippen molar-refractivity contribution >= 4 is 21.8 Å². The van der Waals surface area contributed by atoms with Gasteiger partial charge in [-0.3, -0.25) is 9.59 Å². The van der Waals surface area contributed by atoms with Crippen molar-refractivity contribution in [2.45, 2.75) is 25.8 Å². The minimum absolute atomic E-state index is 0.166. The Morgan fingerprint density at radius 3 is 2.87 bits per heavy atom. The van der Waals surface area contributed by atoms with E-state index in [1.165, 1.54) is 6.20 Å². The van der Waals surface area contributed by atoms with E-state index in [0.717, 1.165) is 18.5 Å². The lowest BCUT2D eigenvalue weighted by molar-refractivity contribution is 0.0949. The fourth-order valence-corrected chi connectivity index (χ4v) is 1.59. The smallest absolute Gasteiger partial charge is 0.257 e. The summed E-state index contributed by atoms with van der Waals surface area (Å²) < 4.78 is 0.422. The molecule has 0 saturated heterocycles. The first-order valence-corrected chi connectivity index (χ1v) is 5.57. The number of pyridine rings is 1. The standard InChI is InChI=1S/C10H11BrN2O2/c1-5-8(11)9(14)7(4-12-5)10(15)13-6-2-3-6/h4,6H,2-3H2,1H3,(H,12,14)(H,13,15). The van der Waals surface area contributed by atoms with Crippen LogP contribution in [-0.4, -0.2) is 16.9 Å². The summed E-state index contributed by atoms with van der Waals surface area (Å²) >= 11 is 3.16. The highest BCUT2D eigenvalue weighted by Gasteiger charge is 2.25. The maximum absolute atomic E-state index is 11.7. The number of amides is 1. The van der Waals surface area contributed by atoms with Crippen LogP contribution in [0.5, 0.6) is 0 Å². The monoisotopic (exact) mass is 270 g/mol. The second-order valence-electron chi connectivity index (χ2n) is 3.72. The molecule has 1 aromatic heterocycles. The van der Waals surface area contributed by atoms with Gasteiger partial charge < -0.3 is 10.3 Å². The Morgan fingerprint density at radius 2 is 2.27 bits per heavy atom. The molecule has 0 aliphatic heterocycles. The molecule has 0 spiro atoms. The highest BCUT2D eigenvalue weighted by molar-refractivity contribution is 9.10. The van der Waals surface area contributed by atoms with Gasteiger partial charge in [0.05, 0.1) is 4.47 Å². The molecule has 1 amide bonds. The van der Waals surface area contributed by atoms with Crippen LogP contribution in [-0.2, 0) is 0 Å². The first kappa shape index (κ1) is 10.4. The average molecular weight is 271 g/mol. The summed E-state index contributed by atoms with van der Waals surface area (Å²) in [6.45, 7) is 1.77. The first-order chi connectivity index (χ1) is 7.09. The molecule has 1 aliphatic carbocycles.